The van der Waals surface area contributed by atoms with Gasteiger partial charge < -0.3 is 19.9 Å². The lowest BCUT2D eigenvalue weighted by Crippen LogP contribution is -2.60. The van der Waals surface area contributed by atoms with Gasteiger partial charge in [-0.3, -0.25) is 19.5 Å². The van der Waals surface area contributed by atoms with Crippen LogP contribution in [0.4, 0.5) is 14.5 Å². The number of Topliss-reactive ketones (excluding diaryl/α,β-unsaturated/α-hetero) is 1. The number of hydrogen-bond acceptors (Lipinski definition) is 6. The summed E-state index contributed by atoms with van der Waals surface area (Å²) < 4.78 is 34.0. The van der Waals surface area contributed by atoms with Crippen LogP contribution >= 0.6 is 0 Å². The molecule has 3 aromatic rings. The van der Waals surface area contributed by atoms with Crippen molar-refractivity contribution in [2.45, 2.75) is 38.8 Å². The number of rotatable bonds is 6. The monoisotopic (exact) mass is 498 g/mol. The van der Waals surface area contributed by atoms with Gasteiger partial charge in [-0.15, -0.1) is 5.10 Å². The molecule has 5 rings (SSSR count). The molecule has 2 amide bonds. The van der Waals surface area contributed by atoms with E-state index in [0.717, 1.165) is 12.1 Å². The van der Waals surface area contributed by atoms with Crippen LogP contribution in [0.5, 0.6) is 0 Å². The predicted octanol–water partition coefficient (Wildman–Crippen LogP) is 2.42. The van der Waals surface area contributed by atoms with Crippen LogP contribution in [-0.2, 0) is 21.5 Å². The fraction of sp³-hybridized carbons (Fsp3) is 0.375. The summed E-state index contributed by atoms with van der Waals surface area (Å²) in [6.07, 6.45) is 2.02. The molecule has 0 aliphatic carbocycles. The normalized spacial score (nSPS) is 19.9. The van der Waals surface area contributed by atoms with Gasteiger partial charge in [0, 0.05) is 29.7 Å². The highest BCUT2D eigenvalue weighted by molar-refractivity contribution is 6.44. The maximum Gasteiger partial charge on any atom is 0.293 e. The Morgan fingerprint density at radius 1 is 1.19 bits per heavy atom. The quantitative estimate of drug-likeness (QED) is 0.353. The van der Waals surface area contributed by atoms with Gasteiger partial charge in [0.1, 0.15) is 16.9 Å². The number of nitrogens with zero attached hydrogens (tertiary/aromatic N) is 3. The number of aromatic nitrogens is 4. The van der Waals surface area contributed by atoms with Crippen molar-refractivity contribution >= 4 is 23.3 Å². The Kier molecular flexibility index (Phi) is 5.70. The number of benzene rings is 1. The van der Waals surface area contributed by atoms with Crippen LogP contribution in [0.15, 0.2) is 24.4 Å². The largest absolute Gasteiger partial charge is 0.376 e. The van der Waals surface area contributed by atoms with E-state index >= 15 is 0 Å². The topological polar surface area (TPSA) is 131 Å². The fourth-order valence-corrected chi connectivity index (χ4v) is 4.91. The van der Waals surface area contributed by atoms with Crippen LogP contribution < -0.4 is 10.6 Å². The van der Waals surface area contributed by atoms with Gasteiger partial charge in [0.25, 0.3) is 17.6 Å². The van der Waals surface area contributed by atoms with Crippen LogP contribution in [0.2, 0.25) is 0 Å². The van der Waals surface area contributed by atoms with E-state index in [1.54, 1.807) is 11.5 Å². The highest BCUT2D eigenvalue weighted by atomic mass is 19.2. The molecule has 2 aliphatic rings. The Morgan fingerprint density at radius 3 is 2.56 bits per heavy atom. The fourth-order valence-electron chi connectivity index (χ4n) is 4.91. The van der Waals surface area contributed by atoms with Gasteiger partial charge in [-0.2, -0.15) is 0 Å². The minimum Gasteiger partial charge on any atom is -0.376 e. The summed E-state index contributed by atoms with van der Waals surface area (Å²) in [6, 6.07) is 2.91. The third-order valence-electron chi connectivity index (χ3n) is 7.08. The third kappa shape index (κ3) is 3.68. The number of carbonyl (C=O) groups is 3. The minimum atomic E-state index is -1.10. The van der Waals surface area contributed by atoms with Crippen molar-refractivity contribution in [3.8, 4) is 0 Å². The number of amides is 2. The zero-order valence-electron chi connectivity index (χ0n) is 19.8. The molecule has 0 radical (unpaired) electrons. The number of hydrogen-bond donors (Lipinski definition) is 3. The average molecular weight is 498 g/mol. The van der Waals surface area contributed by atoms with E-state index < -0.39 is 34.8 Å². The number of halogens is 2. The van der Waals surface area contributed by atoms with Gasteiger partial charge in [-0.1, -0.05) is 12.1 Å². The Morgan fingerprint density at radius 2 is 1.94 bits per heavy atom. The van der Waals surface area contributed by atoms with E-state index in [1.165, 1.54) is 12.3 Å². The van der Waals surface area contributed by atoms with Crippen LogP contribution in [-0.4, -0.2) is 50.8 Å². The van der Waals surface area contributed by atoms with E-state index in [1.807, 2.05) is 13.8 Å². The molecule has 36 heavy (non-hydrogen) atoms. The molecule has 2 aromatic heterocycles. The zero-order chi connectivity index (χ0) is 25.8. The summed E-state index contributed by atoms with van der Waals surface area (Å²) in [5.74, 6) is -4.25. The van der Waals surface area contributed by atoms with E-state index in [-0.39, 0.29) is 42.1 Å². The molecule has 0 saturated carbocycles. The van der Waals surface area contributed by atoms with E-state index in [2.05, 4.69) is 26.0 Å². The molecule has 2 atom stereocenters. The van der Waals surface area contributed by atoms with Crippen molar-refractivity contribution in [2.75, 3.05) is 18.5 Å². The van der Waals surface area contributed by atoms with Gasteiger partial charge in [-0.05, 0) is 43.9 Å². The van der Waals surface area contributed by atoms with E-state index in [9.17, 15) is 23.2 Å². The molecule has 0 spiro atoms. The second kappa shape index (κ2) is 8.63. The number of nitrogens with one attached hydrogen (secondary N) is 3. The summed E-state index contributed by atoms with van der Waals surface area (Å²) in [4.78, 5) is 39.9. The van der Waals surface area contributed by atoms with Crippen molar-refractivity contribution in [3.63, 3.8) is 0 Å². The highest BCUT2D eigenvalue weighted by Crippen LogP contribution is 2.39. The Labute approximate surface area is 204 Å². The Balaban J connectivity index is 1.48. The molecule has 1 saturated heterocycles. The van der Waals surface area contributed by atoms with Gasteiger partial charge in [0.15, 0.2) is 11.6 Å². The van der Waals surface area contributed by atoms with Gasteiger partial charge in [-0.25, -0.2) is 8.78 Å². The molecule has 0 unspecified atom stereocenters. The smallest absolute Gasteiger partial charge is 0.293 e. The van der Waals surface area contributed by atoms with Gasteiger partial charge in [0.2, 0.25) is 0 Å². The maximum atomic E-state index is 13.7. The number of anilines is 1. The van der Waals surface area contributed by atoms with Gasteiger partial charge in [0.05, 0.1) is 18.8 Å². The first kappa shape index (κ1) is 23.8. The highest BCUT2D eigenvalue weighted by Gasteiger charge is 2.46. The molecule has 1 aromatic carbocycles. The molecule has 0 bridgehead atoms. The van der Waals surface area contributed by atoms with Crippen molar-refractivity contribution in [1.29, 1.82) is 0 Å². The predicted molar refractivity (Wildman–Crippen MR) is 122 cm³/mol. The van der Waals surface area contributed by atoms with Crippen LogP contribution in [0, 0.1) is 24.5 Å². The van der Waals surface area contributed by atoms with Crippen molar-refractivity contribution < 1.29 is 27.9 Å². The average Bonchev–Trinajstić information content (AvgIpc) is 3.50. The molecular formula is C24H24F2N6O4. The van der Waals surface area contributed by atoms with Crippen molar-refractivity contribution in [3.05, 3.63) is 64.2 Å². The van der Waals surface area contributed by atoms with Crippen molar-refractivity contribution in [1.82, 2.24) is 25.3 Å². The lowest BCUT2D eigenvalue weighted by Gasteiger charge is -2.39. The molecule has 188 valence electrons. The summed E-state index contributed by atoms with van der Waals surface area (Å²) in [5.41, 5.74) is 0.827. The first-order valence-corrected chi connectivity index (χ1v) is 11.4. The van der Waals surface area contributed by atoms with Crippen molar-refractivity contribution in [2.24, 2.45) is 5.92 Å². The molecular weight excluding hydrogens is 474 g/mol. The SMILES string of the molecule is Cc1c(C(=O)C(=O)NC2(c3c[nH]nn3)COC2)c2n(c1C(=O)Nc1ccc(F)c(F)c1)[C@H](C)[C@H](C)C2. The molecule has 4 heterocycles. The maximum absolute atomic E-state index is 13.7. The summed E-state index contributed by atoms with van der Waals surface area (Å²) in [5, 5.41) is 15.5. The van der Waals surface area contributed by atoms with Crippen LogP contribution in [0.1, 0.15) is 57.7 Å². The number of aromatic amines is 1. The number of carbonyl (C=O) groups excluding carboxylic acids is 3. The second-order valence-electron chi connectivity index (χ2n) is 9.39. The van der Waals surface area contributed by atoms with E-state index in [0.29, 0.717) is 23.4 Å². The lowest BCUT2D eigenvalue weighted by molar-refractivity contribution is -0.130. The molecule has 3 N–H and O–H groups in total. The molecule has 2 aliphatic heterocycles. The summed E-state index contributed by atoms with van der Waals surface area (Å²) in [6.45, 7) is 5.80. The summed E-state index contributed by atoms with van der Waals surface area (Å²) >= 11 is 0. The first-order valence-electron chi connectivity index (χ1n) is 11.4. The Bertz CT molecular complexity index is 1380. The standard InChI is InChI=1S/C24H24F2N6O4/c1-11-6-17-19(21(33)23(35)29-24(9-36-10-24)18-8-27-31-30-18)12(2)20(32(17)13(11)3)22(34)28-14-4-5-15(25)16(26)7-14/h4-5,7-8,11,13H,6,9-10H2,1-3H3,(H,28,34)(H,29,35)(H,27,30,31)/t11-,13-/m1/s1. The summed E-state index contributed by atoms with van der Waals surface area (Å²) in [7, 11) is 0. The number of fused-ring (bicyclic) bond motifs is 1. The van der Waals surface area contributed by atoms with Crippen LogP contribution in [0.25, 0.3) is 0 Å². The number of H-pyrrole nitrogens is 1. The minimum absolute atomic E-state index is 0.0673. The van der Waals surface area contributed by atoms with E-state index in [4.69, 9.17) is 4.74 Å². The second-order valence-corrected chi connectivity index (χ2v) is 9.39. The lowest BCUT2D eigenvalue weighted by atomic mass is 9.92. The molecule has 10 nitrogen and oxygen atoms in total. The number of ketones is 1. The van der Waals surface area contributed by atoms with Crippen LogP contribution in [0.3, 0.4) is 0 Å². The first-order chi connectivity index (χ1) is 17.1. The Hall–Kier alpha value is -3.93. The molecule has 12 heteroatoms. The zero-order valence-corrected chi connectivity index (χ0v) is 19.8. The van der Waals surface area contributed by atoms with Gasteiger partial charge >= 0.3 is 0 Å². The molecule has 1 fully saturated rings. The third-order valence-corrected chi connectivity index (χ3v) is 7.08. The number of ether oxygens (including phenoxy) is 1.